The Kier molecular flexibility index (Phi) is 8.74. The first-order valence-electron chi connectivity index (χ1n) is 9.95. The number of likely N-dealkylation sites (N-methyl/N-ethyl adjacent to an activating group) is 1. The molecule has 28 heavy (non-hydrogen) atoms. The molecule has 1 aliphatic rings. The van der Waals surface area contributed by atoms with E-state index in [1.807, 2.05) is 19.1 Å². The Hall–Kier alpha value is -2.61. The Labute approximate surface area is 167 Å². The van der Waals surface area contributed by atoms with Crippen molar-refractivity contribution in [3.05, 3.63) is 35.4 Å². The van der Waals surface area contributed by atoms with Gasteiger partial charge >= 0.3 is 0 Å². The van der Waals surface area contributed by atoms with Crippen molar-refractivity contribution in [1.82, 2.24) is 20.9 Å². The Balaban J connectivity index is 1.89. The Morgan fingerprint density at radius 3 is 2.57 bits per heavy atom. The van der Waals surface area contributed by atoms with Gasteiger partial charge in [-0.25, -0.2) is 4.99 Å². The van der Waals surface area contributed by atoms with Crippen LogP contribution in [-0.2, 0) is 11.3 Å². The van der Waals surface area contributed by atoms with E-state index < -0.39 is 5.91 Å². The fourth-order valence-corrected chi connectivity index (χ4v) is 3.30. The standard InChI is InChI=1S/C20H32N6O2/c1-3-22-20(25-13-17-6-5-11-26(17)4-2)24-12-15-7-9-16(10-8-15)19(28)23-14-18(21)27/h7-10,17H,3-6,11-14H2,1-2H3,(H2,21,27)(H,23,28)(H2,22,24,25). The van der Waals surface area contributed by atoms with Gasteiger partial charge in [-0.2, -0.15) is 0 Å². The summed E-state index contributed by atoms with van der Waals surface area (Å²) in [6, 6.07) is 7.73. The number of amides is 2. The molecule has 8 heteroatoms. The average molecular weight is 389 g/mol. The lowest BCUT2D eigenvalue weighted by molar-refractivity contribution is -0.117. The van der Waals surface area contributed by atoms with Crippen molar-refractivity contribution in [2.24, 2.45) is 10.7 Å². The summed E-state index contributed by atoms with van der Waals surface area (Å²) in [6.45, 7) is 8.54. The third-order valence-corrected chi connectivity index (χ3v) is 4.81. The normalized spacial score (nSPS) is 17.4. The minimum absolute atomic E-state index is 0.168. The van der Waals surface area contributed by atoms with Crippen molar-refractivity contribution < 1.29 is 9.59 Å². The van der Waals surface area contributed by atoms with Gasteiger partial charge in [-0.1, -0.05) is 19.1 Å². The fourth-order valence-electron chi connectivity index (χ4n) is 3.30. The summed E-state index contributed by atoms with van der Waals surface area (Å²) in [5.74, 6) is -0.0861. The number of hydrogen-bond acceptors (Lipinski definition) is 4. The number of hydrogen-bond donors (Lipinski definition) is 4. The van der Waals surface area contributed by atoms with Gasteiger partial charge in [-0.05, 0) is 50.6 Å². The van der Waals surface area contributed by atoms with E-state index >= 15 is 0 Å². The number of rotatable bonds is 9. The first-order chi connectivity index (χ1) is 13.5. The summed E-state index contributed by atoms with van der Waals surface area (Å²) < 4.78 is 0. The second-order valence-corrected chi connectivity index (χ2v) is 6.85. The van der Waals surface area contributed by atoms with Crippen molar-refractivity contribution in [3.8, 4) is 0 Å². The highest BCUT2D eigenvalue weighted by molar-refractivity contribution is 5.96. The lowest BCUT2D eigenvalue weighted by Crippen LogP contribution is -2.44. The molecule has 8 nitrogen and oxygen atoms in total. The highest BCUT2D eigenvalue weighted by atomic mass is 16.2. The average Bonchev–Trinajstić information content (AvgIpc) is 3.16. The summed E-state index contributed by atoms with van der Waals surface area (Å²) in [5, 5.41) is 9.19. The van der Waals surface area contributed by atoms with E-state index in [9.17, 15) is 9.59 Å². The summed E-state index contributed by atoms with van der Waals surface area (Å²) >= 11 is 0. The van der Waals surface area contributed by atoms with Gasteiger partial charge in [0.2, 0.25) is 5.91 Å². The molecule has 154 valence electrons. The van der Waals surface area contributed by atoms with Crippen LogP contribution in [0.15, 0.2) is 29.3 Å². The van der Waals surface area contributed by atoms with Gasteiger partial charge in [0.15, 0.2) is 5.96 Å². The van der Waals surface area contributed by atoms with E-state index in [-0.39, 0.29) is 12.5 Å². The quantitative estimate of drug-likeness (QED) is 0.362. The zero-order valence-electron chi connectivity index (χ0n) is 16.8. The predicted octanol–water partition coefficient (Wildman–Crippen LogP) is 0.441. The van der Waals surface area contributed by atoms with Crippen LogP contribution in [-0.4, -0.2) is 61.4 Å². The number of nitrogens with zero attached hydrogens (tertiary/aromatic N) is 2. The van der Waals surface area contributed by atoms with E-state index in [1.54, 1.807) is 12.1 Å². The van der Waals surface area contributed by atoms with Gasteiger partial charge in [0.1, 0.15) is 0 Å². The first-order valence-corrected chi connectivity index (χ1v) is 9.95. The van der Waals surface area contributed by atoms with E-state index in [4.69, 9.17) is 5.73 Å². The van der Waals surface area contributed by atoms with Crippen LogP contribution >= 0.6 is 0 Å². The summed E-state index contributed by atoms with van der Waals surface area (Å²) in [6.07, 6.45) is 2.48. The van der Waals surface area contributed by atoms with Crippen LogP contribution in [0, 0.1) is 0 Å². The van der Waals surface area contributed by atoms with Crippen LogP contribution in [0.25, 0.3) is 0 Å². The number of benzene rings is 1. The molecule has 2 rings (SSSR count). The largest absolute Gasteiger partial charge is 0.368 e. The lowest BCUT2D eigenvalue weighted by atomic mass is 10.1. The Morgan fingerprint density at radius 2 is 1.93 bits per heavy atom. The van der Waals surface area contributed by atoms with Crippen molar-refractivity contribution in [2.45, 2.75) is 39.3 Å². The zero-order chi connectivity index (χ0) is 20.4. The Bertz CT molecular complexity index is 674. The van der Waals surface area contributed by atoms with E-state index in [1.165, 1.54) is 19.4 Å². The summed E-state index contributed by atoms with van der Waals surface area (Å²) in [5.41, 5.74) is 6.52. The summed E-state index contributed by atoms with van der Waals surface area (Å²) in [4.78, 5) is 29.8. The molecule has 0 aliphatic carbocycles. The predicted molar refractivity (Wildman–Crippen MR) is 111 cm³/mol. The van der Waals surface area contributed by atoms with Crippen LogP contribution in [0.2, 0.25) is 0 Å². The molecule has 5 N–H and O–H groups in total. The number of aliphatic imine (C=N–C) groups is 1. The van der Waals surface area contributed by atoms with Gasteiger partial charge in [-0.15, -0.1) is 0 Å². The molecular formula is C20H32N6O2. The molecule has 1 atom stereocenters. The minimum Gasteiger partial charge on any atom is -0.368 e. The molecule has 0 radical (unpaired) electrons. The third-order valence-electron chi connectivity index (χ3n) is 4.81. The van der Waals surface area contributed by atoms with Crippen LogP contribution in [0.3, 0.4) is 0 Å². The maximum atomic E-state index is 11.9. The molecule has 1 fully saturated rings. The van der Waals surface area contributed by atoms with Gasteiger partial charge in [0, 0.05) is 24.7 Å². The third kappa shape index (κ3) is 6.84. The molecule has 1 heterocycles. The van der Waals surface area contributed by atoms with Crippen LogP contribution in [0.5, 0.6) is 0 Å². The number of carbonyl (C=O) groups excluding carboxylic acids is 2. The second-order valence-electron chi connectivity index (χ2n) is 6.85. The first kappa shape index (κ1) is 21.7. The van der Waals surface area contributed by atoms with Crippen molar-refractivity contribution >= 4 is 17.8 Å². The second kappa shape index (κ2) is 11.3. The molecule has 0 bridgehead atoms. The molecule has 1 aromatic rings. The van der Waals surface area contributed by atoms with Crippen molar-refractivity contribution in [1.29, 1.82) is 0 Å². The molecule has 0 spiro atoms. The SMILES string of the molecule is CCNC(=NCc1ccc(C(=O)NCC(N)=O)cc1)NCC1CCCN1CC. The van der Waals surface area contributed by atoms with Gasteiger partial charge in [-0.3, -0.25) is 14.5 Å². The van der Waals surface area contributed by atoms with E-state index in [2.05, 4.69) is 32.8 Å². The maximum absolute atomic E-state index is 11.9. The van der Waals surface area contributed by atoms with E-state index in [0.29, 0.717) is 18.2 Å². The molecule has 1 unspecified atom stereocenters. The number of likely N-dealkylation sites (tertiary alicyclic amines) is 1. The number of carbonyl (C=O) groups is 2. The number of nitrogens with one attached hydrogen (secondary N) is 3. The van der Waals surface area contributed by atoms with Crippen LogP contribution in [0.1, 0.15) is 42.6 Å². The van der Waals surface area contributed by atoms with Crippen LogP contribution in [0.4, 0.5) is 0 Å². The maximum Gasteiger partial charge on any atom is 0.251 e. The lowest BCUT2D eigenvalue weighted by Gasteiger charge is -2.24. The fraction of sp³-hybridized carbons (Fsp3) is 0.550. The molecule has 1 aliphatic heterocycles. The highest BCUT2D eigenvalue weighted by Crippen LogP contribution is 2.15. The smallest absolute Gasteiger partial charge is 0.251 e. The number of nitrogens with two attached hydrogens (primary N) is 1. The molecule has 1 saturated heterocycles. The van der Waals surface area contributed by atoms with Crippen LogP contribution < -0.4 is 21.7 Å². The topological polar surface area (TPSA) is 112 Å². The van der Waals surface area contributed by atoms with Gasteiger partial charge < -0.3 is 21.7 Å². The molecular weight excluding hydrogens is 356 g/mol. The molecule has 0 saturated carbocycles. The Morgan fingerprint density at radius 1 is 1.18 bits per heavy atom. The van der Waals surface area contributed by atoms with Gasteiger partial charge in [0.25, 0.3) is 5.91 Å². The number of guanidine groups is 1. The monoisotopic (exact) mass is 388 g/mol. The van der Waals surface area contributed by atoms with Crippen molar-refractivity contribution in [2.75, 3.05) is 32.7 Å². The van der Waals surface area contributed by atoms with Crippen molar-refractivity contribution in [3.63, 3.8) is 0 Å². The number of primary amides is 1. The molecule has 2 amide bonds. The minimum atomic E-state index is -0.567. The zero-order valence-corrected chi connectivity index (χ0v) is 16.8. The van der Waals surface area contributed by atoms with Gasteiger partial charge in [0.05, 0.1) is 13.1 Å². The highest BCUT2D eigenvalue weighted by Gasteiger charge is 2.22. The molecule has 0 aromatic heterocycles. The summed E-state index contributed by atoms with van der Waals surface area (Å²) in [7, 11) is 0. The van der Waals surface area contributed by atoms with E-state index in [0.717, 1.165) is 31.2 Å². The molecule has 1 aromatic carbocycles.